The summed E-state index contributed by atoms with van der Waals surface area (Å²) in [5.41, 5.74) is 5.84. The van der Waals surface area contributed by atoms with Gasteiger partial charge in [-0.2, -0.15) is 0 Å². The average molecular weight is 439 g/mol. The van der Waals surface area contributed by atoms with Crippen molar-refractivity contribution < 1.29 is 14.5 Å². The number of rotatable bonds is 9. The minimum Gasteiger partial charge on any atom is -0.366 e. The number of anilines is 1. The standard InChI is InChI=1S/C19H20Cl2N4O4/c1-2-7-24(11-18(26)23-16-6-5-14(20)9-15(16)21)10-13-4-3-12(19(22)27)8-17(13)25(28)29/h3-6,8-9H,2,7,10-11H2,1H3,(H2,22,27)(H,23,26). The summed E-state index contributed by atoms with van der Waals surface area (Å²) in [6.07, 6.45) is 0.738. The molecule has 0 atom stereocenters. The van der Waals surface area contributed by atoms with E-state index >= 15 is 0 Å². The number of amides is 2. The van der Waals surface area contributed by atoms with Crippen molar-refractivity contribution in [3.63, 3.8) is 0 Å². The molecule has 0 heterocycles. The highest BCUT2D eigenvalue weighted by Gasteiger charge is 2.20. The summed E-state index contributed by atoms with van der Waals surface area (Å²) in [7, 11) is 0. The second-order valence-corrected chi connectivity index (χ2v) is 7.19. The highest BCUT2D eigenvalue weighted by molar-refractivity contribution is 6.36. The quantitative estimate of drug-likeness (QED) is 0.455. The Morgan fingerprint density at radius 1 is 1.21 bits per heavy atom. The van der Waals surface area contributed by atoms with Gasteiger partial charge in [-0.1, -0.05) is 36.2 Å². The van der Waals surface area contributed by atoms with Gasteiger partial charge in [-0.15, -0.1) is 0 Å². The maximum absolute atomic E-state index is 12.4. The van der Waals surface area contributed by atoms with Gasteiger partial charge in [0.2, 0.25) is 11.8 Å². The monoisotopic (exact) mass is 438 g/mol. The van der Waals surface area contributed by atoms with E-state index in [1.807, 2.05) is 6.92 Å². The molecule has 0 aliphatic rings. The van der Waals surface area contributed by atoms with Gasteiger partial charge in [0.15, 0.2) is 0 Å². The first-order valence-corrected chi connectivity index (χ1v) is 9.51. The molecule has 8 nitrogen and oxygen atoms in total. The molecule has 0 saturated heterocycles. The van der Waals surface area contributed by atoms with E-state index < -0.39 is 10.8 Å². The number of nitrogens with one attached hydrogen (secondary N) is 1. The lowest BCUT2D eigenvalue weighted by molar-refractivity contribution is -0.385. The normalized spacial score (nSPS) is 10.8. The number of hydrogen-bond acceptors (Lipinski definition) is 5. The zero-order valence-electron chi connectivity index (χ0n) is 15.7. The SMILES string of the molecule is CCCN(CC(=O)Nc1ccc(Cl)cc1Cl)Cc1ccc(C(N)=O)cc1[N+](=O)[O-]. The molecule has 2 amide bonds. The number of nitrogens with zero attached hydrogens (tertiary/aromatic N) is 2. The Morgan fingerprint density at radius 2 is 1.93 bits per heavy atom. The van der Waals surface area contributed by atoms with E-state index in [0.29, 0.717) is 27.8 Å². The van der Waals surface area contributed by atoms with Crippen LogP contribution >= 0.6 is 23.2 Å². The van der Waals surface area contributed by atoms with Crippen molar-refractivity contribution in [3.05, 3.63) is 67.7 Å². The molecule has 154 valence electrons. The molecule has 0 aromatic heterocycles. The molecule has 0 radical (unpaired) electrons. The summed E-state index contributed by atoms with van der Waals surface area (Å²) in [6.45, 7) is 2.63. The van der Waals surface area contributed by atoms with Crippen LogP contribution in [0.4, 0.5) is 11.4 Å². The van der Waals surface area contributed by atoms with Crippen molar-refractivity contribution in [2.24, 2.45) is 5.73 Å². The van der Waals surface area contributed by atoms with Crippen LogP contribution in [0.3, 0.4) is 0 Å². The summed E-state index contributed by atoms with van der Waals surface area (Å²) in [4.78, 5) is 36.3. The van der Waals surface area contributed by atoms with Gasteiger partial charge in [0.1, 0.15) is 0 Å². The third kappa shape index (κ3) is 6.42. The third-order valence-electron chi connectivity index (χ3n) is 4.07. The van der Waals surface area contributed by atoms with Crippen LogP contribution in [0.5, 0.6) is 0 Å². The van der Waals surface area contributed by atoms with E-state index in [2.05, 4.69) is 5.32 Å². The zero-order chi connectivity index (χ0) is 21.6. The first kappa shape index (κ1) is 22.6. The molecule has 3 N–H and O–H groups in total. The lowest BCUT2D eigenvalue weighted by atomic mass is 10.1. The van der Waals surface area contributed by atoms with Crippen LogP contribution in [0, 0.1) is 10.1 Å². The number of nitro benzene ring substituents is 1. The van der Waals surface area contributed by atoms with Gasteiger partial charge in [-0.25, -0.2) is 0 Å². The number of nitrogens with two attached hydrogens (primary N) is 1. The molecule has 29 heavy (non-hydrogen) atoms. The highest BCUT2D eigenvalue weighted by atomic mass is 35.5. The van der Waals surface area contributed by atoms with Gasteiger partial charge >= 0.3 is 0 Å². The largest absolute Gasteiger partial charge is 0.366 e. The Morgan fingerprint density at radius 3 is 2.52 bits per heavy atom. The number of primary amides is 1. The molecular formula is C19H20Cl2N4O4. The number of halogens is 2. The second kappa shape index (κ2) is 10.2. The first-order chi connectivity index (χ1) is 13.7. The summed E-state index contributed by atoms with van der Waals surface area (Å²) < 4.78 is 0. The molecule has 0 saturated carbocycles. The van der Waals surface area contributed by atoms with Crippen LogP contribution < -0.4 is 11.1 Å². The smallest absolute Gasteiger partial charge is 0.274 e. The van der Waals surface area contributed by atoms with Crippen LogP contribution in [0.25, 0.3) is 0 Å². The van der Waals surface area contributed by atoms with Crippen molar-refractivity contribution in [1.82, 2.24) is 4.90 Å². The summed E-state index contributed by atoms with van der Waals surface area (Å²) >= 11 is 11.9. The van der Waals surface area contributed by atoms with Gasteiger partial charge in [-0.05, 0) is 37.2 Å². The summed E-state index contributed by atoms with van der Waals surface area (Å²) in [6, 6.07) is 8.79. The van der Waals surface area contributed by atoms with E-state index in [1.54, 1.807) is 17.0 Å². The van der Waals surface area contributed by atoms with Crippen molar-refractivity contribution in [1.29, 1.82) is 0 Å². The van der Waals surface area contributed by atoms with Crippen molar-refractivity contribution in [2.75, 3.05) is 18.4 Å². The predicted molar refractivity (Wildman–Crippen MR) is 112 cm³/mol. The average Bonchev–Trinajstić information content (AvgIpc) is 2.64. The molecule has 0 fully saturated rings. The Labute approximate surface area is 177 Å². The fourth-order valence-electron chi connectivity index (χ4n) is 2.78. The second-order valence-electron chi connectivity index (χ2n) is 6.35. The first-order valence-electron chi connectivity index (χ1n) is 8.75. The summed E-state index contributed by atoms with van der Waals surface area (Å²) in [5, 5.41) is 14.9. The van der Waals surface area contributed by atoms with Crippen molar-refractivity contribution >= 4 is 46.4 Å². The van der Waals surface area contributed by atoms with Crippen LogP contribution in [-0.4, -0.2) is 34.7 Å². The summed E-state index contributed by atoms with van der Waals surface area (Å²) in [5.74, 6) is -1.07. The van der Waals surface area contributed by atoms with Gasteiger partial charge in [0.25, 0.3) is 5.69 Å². The molecule has 0 spiro atoms. The maximum Gasteiger partial charge on any atom is 0.274 e. The lowest BCUT2D eigenvalue weighted by Gasteiger charge is -2.21. The number of benzene rings is 2. The Balaban J connectivity index is 2.16. The fourth-order valence-corrected chi connectivity index (χ4v) is 3.23. The van der Waals surface area contributed by atoms with E-state index in [1.165, 1.54) is 18.2 Å². The van der Waals surface area contributed by atoms with Gasteiger partial charge in [0, 0.05) is 28.8 Å². The molecule has 0 aliphatic heterocycles. The topological polar surface area (TPSA) is 119 Å². The van der Waals surface area contributed by atoms with Crippen LogP contribution in [0.15, 0.2) is 36.4 Å². The van der Waals surface area contributed by atoms with E-state index in [9.17, 15) is 19.7 Å². The number of carbonyl (C=O) groups is 2. The molecule has 2 aromatic rings. The lowest BCUT2D eigenvalue weighted by Crippen LogP contribution is -2.33. The maximum atomic E-state index is 12.4. The van der Waals surface area contributed by atoms with Gasteiger partial charge in [-0.3, -0.25) is 24.6 Å². The molecule has 2 rings (SSSR count). The zero-order valence-corrected chi connectivity index (χ0v) is 17.2. The van der Waals surface area contributed by atoms with Gasteiger partial charge in [0.05, 0.1) is 22.2 Å². The Hall–Kier alpha value is -2.68. The van der Waals surface area contributed by atoms with E-state index in [-0.39, 0.29) is 30.2 Å². The predicted octanol–water partition coefficient (Wildman–Crippen LogP) is 3.85. The van der Waals surface area contributed by atoms with Crippen molar-refractivity contribution in [2.45, 2.75) is 19.9 Å². The van der Waals surface area contributed by atoms with E-state index in [4.69, 9.17) is 28.9 Å². The fraction of sp³-hybridized carbons (Fsp3) is 0.263. The highest BCUT2D eigenvalue weighted by Crippen LogP contribution is 2.26. The minimum absolute atomic E-state index is 0.00151. The Bertz CT molecular complexity index is 936. The molecular weight excluding hydrogens is 419 g/mol. The Kier molecular flexibility index (Phi) is 7.95. The van der Waals surface area contributed by atoms with Gasteiger partial charge < -0.3 is 11.1 Å². The van der Waals surface area contributed by atoms with Crippen LogP contribution in [0.2, 0.25) is 10.0 Å². The minimum atomic E-state index is -0.746. The molecule has 2 aromatic carbocycles. The molecule has 0 bridgehead atoms. The van der Waals surface area contributed by atoms with E-state index in [0.717, 1.165) is 12.5 Å². The van der Waals surface area contributed by atoms with Crippen molar-refractivity contribution in [3.8, 4) is 0 Å². The van der Waals surface area contributed by atoms with Crippen LogP contribution in [0.1, 0.15) is 29.3 Å². The number of hydrogen-bond donors (Lipinski definition) is 2. The number of carbonyl (C=O) groups excluding carboxylic acids is 2. The molecule has 0 aliphatic carbocycles. The molecule has 10 heteroatoms. The molecule has 0 unspecified atom stereocenters. The van der Waals surface area contributed by atoms with Crippen LogP contribution in [-0.2, 0) is 11.3 Å². The third-order valence-corrected chi connectivity index (χ3v) is 4.62. The number of nitro groups is 1.